The molecule has 0 bridgehead atoms. The zero-order valence-electron chi connectivity index (χ0n) is 18.6. The Kier molecular flexibility index (Phi) is 7.13. The molecule has 2 aliphatic rings. The number of nitrogens with one attached hydrogen (secondary N) is 2. The van der Waals surface area contributed by atoms with Gasteiger partial charge in [0.25, 0.3) is 0 Å². The van der Waals surface area contributed by atoms with Gasteiger partial charge in [0.2, 0.25) is 15.9 Å². The van der Waals surface area contributed by atoms with Gasteiger partial charge in [-0.1, -0.05) is 18.2 Å². The number of amides is 1. The number of nitrogens with zero attached hydrogens (tertiary/aromatic N) is 2. The number of piperidine rings is 1. The quantitative estimate of drug-likeness (QED) is 0.670. The number of anilines is 2. The van der Waals surface area contributed by atoms with Crippen LogP contribution in [-0.4, -0.2) is 58.0 Å². The highest BCUT2D eigenvalue weighted by molar-refractivity contribution is 7.89. The molecule has 0 saturated carbocycles. The molecule has 0 unspecified atom stereocenters. The van der Waals surface area contributed by atoms with Gasteiger partial charge in [-0.3, -0.25) is 9.69 Å². The van der Waals surface area contributed by atoms with Crippen LogP contribution in [0.5, 0.6) is 0 Å². The molecule has 0 radical (unpaired) electrons. The van der Waals surface area contributed by atoms with E-state index in [1.165, 1.54) is 18.5 Å². The molecule has 0 aromatic heterocycles. The summed E-state index contributed by atoms with van der Waals surface area (Å²) in [6.07, 6.45) is 3.84. The number of rotatable bonds is 7. The number of carbonyl (C=O) groups excluding carboxylic acids is 1. The van der Waals surface area contributed by atoms with Gasteiger partial charge in [-0.05, 0) is 68.5 Å². The minimum atomic E-state index is -3.51. The predicted octanol–water partition coefficient (Wildman–Crippen LogP) is 2.98. The van der Waals surface area contributed by atoms with Crippen molar-refractivity contribution in [2.75, 3.05) is 42.9 Å². The lowest BCUT2D eigenvalue weighted by molar-refractivity contribution is -0.117. The summed E-state index contributed by atoms with van der Waals surface area (Å²) in [6, 6.07) is 14.5. The zero-order valence-corrected chi connectivity index (χ0v) is 19.4. The smallest absolute Gasteiger partial charge is 0.240 e. The topological polar surface area (TPSA) is 81.8 Å². The first-order valence-corrected chi connectivity index (χ1v) is 12.8. The second-order valence-electron chi connectivity index (χ2n) is 8.73. The minimum Gasteiger partial charge on any atom is -0.372 e. The van der Waals surface area contributed by atoms with E-state index in [9.17, 15) is 13.2 Å². The summed E-state index contributed by atoms with van der Waals surface area (Å²) in [7, 11) is -3.51. The average Bonchev–Trinajstić information content (AvgIpc) is 3.32. The van der Waals surface area contributed by atoms with Gasteiger partial charge in [-0.15, -0.1) is 0 Å². The van der Waals surface area contributed by atoms with Crippen molar-refractivity contribution in [1.82, 2.24) is 9.62 Å². The van der Waals surface area contributed by atoms with Crippen molar-refractivity contribution in [2.45, 2.75) is 43.5 Å². The van der Waals surface area contributed by atoms with Crippen molar-refractivity contribution >= 4 is 27.3 Å². The third-order valence-electron chi connectivity index (χ3n) is 6.29. The molecule has 172 valence electrons. The molecule has 2 heterocycles. The van der Waals surface area contributed by atoms with Crippen molar-refractivity contribution in [1.29, 1.82) is 0 Å². The number of carbonyl (C=O) groups is 1. The molecule has 2 aromatic rings. The Balaban J connectivity index is 1.25. The molecule has 2 fully saturated rings. The first kappa shape index (κ1) is 22.8. The van der Waals surface area contributed by atoms with Crippen molar-refractivity contribution in [3.8, 4) is 0 Å². The van der Waals surface area contributed by atoms with Gasteiger partial charge in [-0.2, -0.15) is 0 Å². The summed E-state index contributed by atoms with van der Waals surface area (Å²) >= 11 is 0. The maximum absolute atomic E-state index is 12.6. The molecule has 8 heteroatoms. The van der Waals surface area contributed by atoms with Crippen molar-refractivity contribution in [3.05, 3.63) is 54.1 Å². The molecular formula is C24H32N4O3S. The fourth-order valence-electron chi connectivity index (χ4n) is 4.45. The minimum absolute atomic E-state index is 0.0367. The molecular weight excluding hydrogens is 424 g/mol. The summed E-state index contributed by atoms with van der Waals surface area (Å²) in [5.41, 5.74) is 3.14. The van der Waals surface area contributed by atoms with Crippen LogP contribution in [0.4, 0.5) is 11.4 Å². The predicted molar refractivity (Wildman–Crippen MR) is 127 cm³/mol. The largest absolute Gasteiger partial charge is 0.372 e. The van der Waals surface area contributed by atoms with Crippen LogP contribution in [0.15, 0.2) is 53.4 Å². The Morgan fingerprint density at radius 1 is 1.00 bits per heavy atom. The van der Waals surface area contributed by atoms with Crippen LogP contribution in [0.1, 0.15) is 31.2 Å². The molecule has 2 aliphatic heterocycles. The lowest BCUT2D eigenvalue weighted by Gasteiger charge is -2.31. The Labute approximate surface area is 190 Å². The number of sulfonamides is 1. The van der Waals surface area contributed by atoms with Gasteiger partial charge in [0.1, 0.15) is 0 Å². The molecule has 4 rings (SSSR count). The Morgan fingerprint density at radius 2 is 1.69 bits per heavy atom. The van der Waals surface area contributed by atoms with E-state index in [0.29, 0.717) is 32.5 Å². The second kappa shape index (κ2) is 10.0. The van der Waals surface area contributed by atoms with E-state index in [4.69, 9.17) is 0 Å². The van der Waals surface area contributed by atoms with Crippen LogP contribution in [0.25, 0.3) is 0 Å². The van der Waals surface area contributed by atoms with Crippen LogP contribution in [0.2, 0.25) is 0 Å². The highest BCUT2D eigenvalue weighted by Crippen LogP contribution is 2.25. The van der Waals surface area contributed by atoms with E-state index in [-0.39, 0.29) is 16.8 Å². The summed E-state index contributed by atoms with van der Waals surface area (Å²) in [5, 5.41) is 3.04. The number of benzene rings is 2. The van der Waals surface area contributed by atoms with Crippen LogP contribution >= 0.6 is 0 Å². The second-order valence-corrected chi connectivity index (χ2v) is 10.4. The van der Waals surface area contributed by atoms with E-state index in [1.807, 2.05) is 13.0 Å². The van der Waals surface area contributed by atoms with Crippen LogP contribution < -0.4 is 14.9 Å². The third kappa shape index (κ3) is 5.68. The third-order valence-corrected chi connectivity index (χ3v) is 7.82. The number of hydrogen-bond donors (Lipinski definition) is 2. The monoisotopic (exact) mass is 456 g/mol. The van der Waals surface area contributed by atoms with Crippen molar-refractivity contribution in [2.24, 2.45) is 0 Å². The Bertz CT molecular complexity index is 1030. The standard InChI is InChI=1S/C24H32N4O3S/c1-19-17-21(28-13-5-6-14-28)9-10-23(19)25-24(29)18-27-15-11-20(12-16-27)26-32(30,31)22-7-3-2-4-8-22/h2-4,7-10,17,20,26H,5-6,11-16,18H2,1H3,(H,25,29). The molecule has 32 heavy (non-hydrogen) atoms. The number of likely N-dealkylation sites (tertiary alicyclic amines) is 1. The van der Waals surface area contributed by atoms with Crippen LogP contribution in [0, 0.1) is 6.92 Å². The van der Waals surface area contributed by atoms with Gasteiger partial charge in [0.15, 0.2) is 0 Å². The lowest BCUT2D eigenvalue weighted by Crippen LogP contribution is -2.46. The molecule has 0 atom stereocenters. The highest BCUT2D eigenvalue weighted by atomic mass is 32.2. The fraction of sp³-hybridized carbons (Fsp3) is 0.458. The van der Waals surface area contributed by atoms with Gasteiger partial charge in [-0.25, -0.2) is 13.1 Å². The van der Waals surface area contributed by atoms with Crippen molar-refractivity contribution < 1.29 is 13.2 Å². The Hall–Kier alpha value is -2.42. The number of hydrogen-bond acceptors (Lipinski definition) is 5. The van der Waals surface area contributed by atoms with E-state index >= 15 is 0 Å². The molecule has 0 spiro atoms. The molecule has 7 nitrogen and oxygen atoms in total. The van der Waals surface area contributed by atoms with Gasteiger partial charge < -0.3 is 10.2 Å². The summed E-state index contributed by atoms with van der Waals surface area (Å²) in [5.74, 6) is -0.0367. The molecule has 2 saturated heterocycles. The van der Waals surface area contributed by atoms with E-state index < -0.39 is 10.0 Å². The van der Waals surface area contributed by atoms with E-state index in [2.05, 4.69) is 32.0 Å². The first-order valence-electron chi connectivity index (χ1n) is 11.4. The highest BCUT2D eigenvalue weighted by Gasteiger charge is 2.25. The summed E-state index contributed by atoms with van der Waals surface area (Å²) in [6.45, 7) is 5.90. The van der Waals surface area contributed by atoms with Gasteiger partial charge >= 0.3 is 0 Å². The summed E-state index contributed by atoms with van der Waals surface area (Å²) in [4.78, 5) is 17.3. The molecule has 2 aromatic carbocycles. The first-order chi connectivity index (χ1) is 15.4. The molecule has 2 N–H and O–H groups in total. The molecule has 0 aliphatic carbocycles. The van der Waals surface area contributed by atoms with E-state index in [0.717, 1.165) is 24.3 Å². The lowest BCUT2D eigenvalue weighted by atomic mass is 10.1. The number of aryl methyl sites for hydroxylation is 1. The average molecular weight is 457 g/mol. The van der Waals surface area contributed by atoms with E-state index in [1.54, 1.807) is 30.3 Å². The normalized spacial score (nSPS) is 18.1. The van der Waals surface area contributed by atoms with Crippen LogP contribution in [-0.2, 0) is 14.8 Å². The van der Waals surface area contributed by atoms with Gasteiger partial charge in [0.05, 0.1) is 11.4 Å². The molecule has 1 amide bonds. The SMILES string of the molecule is Cc1cc(N2CCCC2)ccc1NC(=O)CN1CCC(NS(=O)(=O)c2ccccc2)CC1. The van der Waals surface area contributed by atoms with Crippen molar-refractivity contribution in [3.63, 3.8) is 0 Å². The zero-order chi connectivity index (χ0) is 22.6. The van der Waals surface area contributed by atoms with Crippen LogP contribution in [0.3, 0.4) is 0 Å². The fourth-order valence-corrected chi connectivity index (χ4v) is 5.78. The maximum atomic E-state index is 12.6. The Morgan fingerprint density at radius 3 is 2.34 bits per heavy atom. The maximum Gasteiger partial charge on any atom is 0.240 e. The van der Waals surface area contributed by atoms with Gasteiger partial charge in [0, 0.05) is 43.6 Å². The summed E-state index contributed by atoms with van der Waals surface area (Å²) < 4.78 is 27.8.